The Balaban J connectivity index is 3.10. The first-order valence-electron chi connectivity index (χ1n) is 5.52. The van der Waals surface area contributed by atoms with E-state index < -0.39 is 0 Å². The van der Waals surface area contributed by atoms with E-state index in [1.165, 1.54) is 12.1 Å². The first kappa shape index (κ1) is 13.0. The molecule has 0 radical (unpaired) electrons. The molecule has 4 nitrogen and oxygen atoms in total. The Bertz CT molecular complexity index is 460. The number of nitriles is 1. The number of hydrogen-bond donors (Lipinski definition) is 1. The molecule has 0 aliphatic rings. The van der Waals surface area contributed by atoms with Gasteiger partial charge in [-0.15, -0.1) is 0 Å². The first-order valence-corrected chi connectivity index (χ1v) is 5.52. The lowest BCUT2D eigenvalue weighted by atomic mass is 9.97. The molecule has 90 valence electrons. The minimum Gasteiger partial charge on any atom is -0.508 e. The molecule has 0 saturated heterocycles. The van der Waals surface area contributed by atoms with Gasteiger partial charge in [0.25, 0.3) is 0 Å². The summed E-state index contributed by atoms with van der Waals surface area (Å²) in [5.41, 5.74) is 1.85. The van der Waals surface area contributed by atoms with Crippen LogP contribution in [0, 0.1) is 11.3 Å². The highest BCUT2D eigenvalue weighted by Gasteiger charge is 2.13. The van der Waals surface area contributed by atoms with E-state index >= 15 is 0 Å². The maximum Gasteiger partial charge on any atom is 0.310 e. The summed E-state index contributed by atoms with van der Waals surface area (Å²) in [7, 11) is 0. The van der Waals surface area contributed by atoms with Crippen molar-refractivity contribution in [1.82, 2.24) is 0 Å². The van der Waals surface area contributed by atoms with Gasteiger partial charge in [0.1, 0.15) is 5.75 Å². The highest BCUT2D eigenvalue weighted by atomic mass is 16.5. The predicted molar refractivity (Wildman–Crippen MR) is 62.5 cm³/mol. The number of phenols is 1. The smallest absolute Gasteiger partial charge is 0.310 e. The van der Waals surface area contributed by atoms with Crippen molar-refractivity contribution in [1.29, 1.82) is 5.26 Å². The fraction of sp³-hybridized carbons (Fsp3) is 0.385. The number of carbonyl (C=O) groups is 1. The molecule has 0 saturated carbocycles. The molecule has 0 spiro atoms. The van der Waals surface area contributed by atoms with Gasteiger partial charge in [0.2, 0.25) is 0 Å². The van der Waals surface area contributed by atoms with Gasteiger partial charge in [-0.05, 0) is 36.6 Å². The van der Waals surface area contributed by atoms with E-state index in [1.807, 2.05) is 13.0 Å². The minimum atomic E-state index is -0.350. The topological polar surface area (TPSA) is 70.3 Å². The summed E-state index contributed by atoms with van der Waals surface area (Å²) in [6.45, 7) is 3.97. The molecule has 0 bridgehead atoms. The number of hydrogen-bond acceptors (Lipinski definition) is 4. The van der Waals surface area contributed by atoms with Crippen LogP contribution < -0.4 is 0 Å². The SMILES string of the molecule is CCOC(=O)Cc1cc(O)cc(C#N)c1CC. The molecule has 0 unspecified atom stereocenters. The van der Waals surface area contributed by atoms with Gasteiger partial charge < -0.3 is 9.84 Å². The normalized spacial score (nSPS) is 9.71. The minimum absolute atomic E-state index is 0.00181. The maximum absolute atomic E-state index is 11.4. The number of esters is 1. The first-order chi connectivity index (χ1) is 8.12. The van der Waals surface area contributed by atoms with Gasteiger partial charge >= 0.3 is 5.97 Å². The molecule has 0 aliphatic carbocycles. The van der Waals surface area contributed by atoms with Crippen LogP contribution in [0.5, 0.6) is 5.75 Å². The number of aromatic hydroxyl groups is 1. The zero-order chi connectivity index (χ0) is 12.8. The van der Waals surface area contributed by atoms with E-state index in [1.54, 1.807) is 6.92 Å². The molecule has 0 fully saturated rings. The third-order valence-corrected chi connectivity index (χ3v) is 2.44. The van der Waals surface area contributed by atoms with Crippen molar-refractivity contribution in [2.75, 3.05) is 6.61 Å². The Hall–Kier alpha value is -2.02. The Morgan fingerprint density at radius 1 is 1.47 bits per heavy atom. The monoisotopic (exact) mass is 233 g/mol. The third kappa shape index (κ3) is 3.22. The van der Waals surface area contributed by atoms with Gasteiger partial charge in [0.05, 0.1) is 24.7 Å². The van der Waals surface area contributed by atoms with Gasteiger partial charge in [-0.2, -0.15) is 5.26 Å². The summed E-state index contributed by atoms with van der Waals surface area (Å²) < 4.78 is 4.86. The summed E-state index contributed by atoms with van der Waals surface area (Å²) in [6, 6.07) is 4.94. The molecule has 0 atom stereocenters. The second-order valence-corrected chi connectivity index (χ2v) is 3.58. The van der Waals surface area contributed by atoms with Crippen LogP contribution in [0.2, 0.25) is 0 Å². The molecule has 1 rings (SSSR count). The van der Waals surface area contributed by atoms with E-state index in [2.05, 4.69) is 0 Å². The van der Waals surface area contributed by atoms with Gasteiger partial charge in [-0.1, -0.05) is 6.92 Å². The van der Waals surface area contributed by atoms with E-state index in [9.17, 15) is 9.90 Å². The number of ether oxygens (including phenoxy) is 1. The van der Waals surface area contributed by atoms with Gasteiger partial charge in [0, 0.05) is 0 Å². The zero-order valence-corrected chi connectivity index (χ0v) is 9.99. The fourth-order valence-electron chi connectivity index (χ4n) is 1.76. The van der Waals surface area contributed by atoms with Crippen LogP contribution in [0.4, 0.5) is 0 Å². The van der Waals surface area contributed by atoms with Crippen LogP contribution >= 0.6 is 0 Å². The largest absolute Gasteiger partial charge is 0.508 e. The Labute approximate surface area is 100 Å². The van der Waals surface area contributed by atoms with Crippen molar-refractivity contribution < 1.29 is 14.6 Å². The van der Waals surface area contributed by atoms with Crippen LogP contribution in [0.1, 0.15) is 30.5 Å². The van der Waals surface area contributed by atoms with Crippen LogP contribution in [-0.4, -0.2) is 17.7 Å². The molecule has 1 aromatic carbocycles. The molecule has 0 aliphatic heterocycles. The molecule has 0 amide bonds. The average molecular weight is 233 g/mol. The van der Waals surface area contributed by atoms with Crippen molar-refractivity contribution in [3.63, 3.8) is 0 Å². The Morgan fingerprint density at radius 2 is 2.18 bits per heavy atom. The lowest BCUT2D eigenvalue weighted by Crippen LogP contribution is -2.10. The summed E-state index contributed by atoms with van der Waals surface area (Å²) in [4.78, 5) is 11.4. The lowest BCUT2D eigenvalue weighted by molar-refractivity contribution is -0.142. The van der Waals surface area contributed by atoms with Gasteiger partial charge in [-0.3, -0.25) is 4.79 Å². The van der Waals surface area contributed by atoms with E-state index in [-0.39, 0.29) is 18.1 Å². The van der Waals surface area contributed by atoms with Crippen LogP contribution in [0.15, 0.2) is 12.1 Å². The Kier molecular flexibility index (Phi) is 4.53. The van der Waals surface area contributed by atoms with Crippen molar-refractivity contribution >= 4 is 5.97 Å². The number of benzene rings is 1. The molecule has 4 heteroatoms. The number of phenolic OH excluding ortho intramolecular Hbond substituents is 1. The summed E-state index contributed by atoms with van der Waals surface area (Å²) in [5, 5.41) is 18.4. The van der Waals surface area contributed by atoms with E-state index in [4.69, 9.17) is 10.00 Å². The zero-order valence-electron chi connectivity index (χ0n) is 9.99. The van der Waals surface area contributed by atoms with Crippen LogP contribution in [0.25, 0.3) is 0 Å². The highest BCUT2D eigenvalue weighted by Crippen LogP contribution is 2.22. The second-order valence-electron chi connectivity index (χ2n) is 3.58. The molecule has 17 heavy (non-hydrogen) atoms. The predicted octanol–water partition coefficient (Wildman–Crippen LogP) is 1.93. The summed E-state index contributed by atoms with van der Waals surface area (Å²) in [5.74, 6) is -0.352. The Morgan fingerprint density at radius 3 is 2.71 bits per heavy atom. The van der Waals surface area contributed by atoms with Crippen molar-refractivity contribution in [3.05, 3.63) is 28.8 Å². The second kappa shape index (κ2) is 5.90. The molecule has 1 aromatic rings. The molecular formula is C13H15NO3. The summed E-state index contributed by atoms with van der Waals surface area (Å²) >= 11 is 0. The van der Waals surface area contributed by atoms with Crippen molar-refractivity contribution in [3.8, 4) is 11.8 Å². The number of nitrogens with zero attached hydrogens (tertiary/aromatic N) is 1. The average Bonchev–Trinajstić information content (AvgIpc) is 2.28. The number of rotatable bonds is 4. The molecule has 1 N–H and O–H groups in total. The van der Waals surface area contributed by atoms with Crippen molar-refractivity contribution in [2.45, 2.75) is 26.7 Å². The third-order valence-electron chi connectivity index (χ3n) is 2.44. The summed E-state index contributed by atoms with van der Waals surface area (Å²) in [6.07, 6.45) is 0.720. The van der Waals surface area contributed by atoms with Crippen LogP contribution in [0.3, 0.4) is 0 Å². The lowest BCUT2D eigenvalue weighted by Gasteiger charge is -2.10. The van der Waals surface area contributed by atoms with Gasteiger partial charge in [-0.25, -0.2) is 0 Å². The molecule has 0 aromatic heterocycles. The quantitative estimate of drug-likeness (QED) is 0.807. The maximum atomic E-state index is 11.4. The fourth-order valence-corrected chi connectivity index (χ4v) is 1.76. The number of carbonyl (C=O) groups excluding carboxylic acids is 1. The molecular weight excluding hydrogens is 218 g/mol. The standard InChI is InChI=1S/C13H15NO3/c1-3-12-9(7-13(16)17-4-2)5-11(15)6-10(12)8-14/h5-6,15H,3-4,7H2,1-2H3. The van der Waals surface area contributed by atoms with Crippen LogP contribution in [-0.2, 0) is 22.4 Å². The van der Waals surface area contributed by atoms with E-state index in [0.717, 1.165) is 5.56 Å². The van der Waals surface area contributed by atoms with E-state index in [0.29, 0.717) is 24.2 Å². The van der Waals surface area contributed by atoms with Crippen molar-refractivity contribution in [2.24, 2.45) is 0 Å². The van der Waals surface area contributed by atoms with Gasteiger partial charge in [0.15, 0.2) is 0 Å². The highest BCUT2D eigenvalue weighted by molar-refractivity contribution is 5.73. The molecule has 0 heterocycles.